The quantitative estimate of drug-likeness (QED) is 0.654. The van der Waals surface area contributed by atoms with Crippen molar-refractivity contribution in [3.8, 4) is 0 Å². The lowest BCUT2D eigenvalue weighted by atomic mass is 9.86. The van der Waals surface area contributed by atoms with Crippen molar-refractivity contribution in [1.29, 1.82) is 0 Å². The second-order valence-corrected chi connectivity index (χ2v) is 5.50. The maximum atomic E-state index is 10.6. The van der Waals surface area contributed by atoms with Gasteiger partial charge < -0.3 is 5.32 Å². The van der Waals surface area contributed by atoms with Crippen LogP contribution in [0.5, 0.6) is 0 Å². The molecule has 0 radical (unpaired) electrons. The number of rotatable bonds is 5. The molecule has 0 spiro atoms. The average Bonchev–Trinajstić information content (AvgIpc) is 2.41. The summed E-state index contributed by atoms with van der Waals surface area (Å²) in [5.74, 6) is 0.769. The molecule has 1 aromatic carbocycles. The van der Waals surface area contributed by atoms with E-state index in [4.69, 9.17) is 0 Å². The van der Waals surface area contributed by atoms with Crippen LogP contribution >= 0.6 is 0 Å². The Hall–Kier alpha value is -1.42. The van der Waals surface area contributed by atoms with Gasteiger partial charge in [0, 0.05) is 18.2 Å². The summed E-state index contributed by atoms with van der Waals surface area (Å²) in [7, 11) is 0. The second-order valence-electron chi connectivity index (χ2n) is 5.50. The predicted molar refractivity (Wildman–Crippen MR) is 76.2 cm³/mol. The van der Waals surface area contributed by atoms with E-state index in [0.29, 0.717) is 6.04 Å². The molecule has 0 heterocycles. The van der Waals surface area contributed by atoms with E-state index in [2.05, 4.69) is 12.2 Å². The first-order valence-corrected chi connectivity index (χ1v) is 7.13. The summed E-state index contributed by atoms with van der Waals surface area (Å²) >= 11 is 0. The summed E-state index contributed by atoms with van der Waals surface area (Å²) in [6.45, 7) is 3.27. The Morgan fingerprint density at radius 3 is 2.58 bits per heavy atom. The van der Waals surface area contributed by atoms with E-state index in [9.17, 15) is 10.1 Å². The fraction of sp³-hybridized carbons (Fsp3) is 0.600. The summed E-state index contributed by atoms with van der Waals surface area (Å²) in [5.41, 5.74) is 1.32. The predicted octanol–water partition coefficient (Wildman–Crippen LogP) is 3.31. The van der Waals surface area contributed by atoms with Gasteiger partial charge in [-0.1, -0.05) is 31.9 Å². The Balaban J connectivity index is 1.77. The highest BCUT2D eigenvalue weighted by atomic mass is 16.6. The molecule has 1 aliphatic rings. The first-order chi connectivity index (χ1) is 9.16. The van der Waals surface area contributed by atoms with Crippen molar-refractivity contribution in [2.45, 2.75) is 45.1 Å². The maximum Gasteiger partial charge on any atom is 0.269 e. The Morgan fingerprint density at radius 2 is 1.95 bits per heavy atom. The van der Waals surface area contributed by atoms with Gasteiger partial charge in [0.2, 0.25) is 0 Å². The molecule has 0 aliphatic heterocycles. The summed E-state index contributed by atoms with van der Waals surface area (Å²) in [5, 5.41) is 14.2. The monoisotopic (exact) mass is 262 g/mol. The van der Waals surface area contributed by atoms with Gasteiger partial charge in [0.25, 0.3) is 5.69 Å². The normalized spacial score (nSPS) is 23.2. The molecule has 19 heavy (non-hydrogen) atoms. The van der Waals surface area contributed by atoms with Gasteiger partial charge in [-0.15, -0.1) is 0 Å². The van der Waals surface area contributed by atoms with Crippen molar-refractivity contribution >= 4 is 5.69 Å². The molecule has 0 saturated heterocycles. The van der Waals surface area contributed by atoms with Gasteiger partial charge in [0.05, 0.1) is 4.92 Å². The molecule has 1 saturated carbocycles. The number of nitro groups is 1. The summed E-state index contributed by atoms with van der Waals surface area (Å²) in [6.07, 6.45) is 6.24. The van der Waals surface area contributed by atoms with Gasteiger partial charge in [-0.2, -0.15) is 0 Å². The number of nitro benzene ring substituents is 1. The SMILES string of the molecule is CC1CCCCC1NCCc1ccc([N+](=O)[O-])cc1. The first-order valence-electron chi connectivity index (χ1n) is 7.13. The molecular formula is C15H22N2O2. The van der Waals surface area contributed by atoms with Crippen LogP contribution in [0.15, 0.2) is 24.3 Å². The molecule has 2 unspecified atom stereocenters. The molecular weight excluding hydrogens is 240 g/mol. The van der Waals surface area contributed by atoms with Crippen LogP contribution in [-0.2, 0) is 6.42 Å². The minimum atomic E-state index is -0.355. The molecule has 2 atom stereocenters. The Morgan fingerprint density at radius 1 is 1.26 bits per heavy atom. The summed E-state index contributed by atoms with van der Waals surface area (Å²) < 4.78 is 0. The molecule has 0 aromatic heterocycles. The van der Waals surface area contributed by atoms with Gasteiger partial charge >= 0.3 is 0 Å². The smallest absolute Gasteiger partial charge is 0.269 e. The van der Waals surface area contributed by atoms with E-state index in [1.807, 2.05) is 12.1 Å². The second kappa shape index (κ2) is 6.66. The molecule has 1 aromatic rings. The largest absolute Gasteiger partial charge is 0.313 e. The minimum absolute atomic E-state index is 0.164. The van der Waals surface area contributed by atoms with Crippen LogP contribution in [0.1, 0.15) is 38.2 Å². The van der Waals surface area contributed by atoms with Crippen molar-refractivity contribution in [2.24, 2.45) is 5.92 Å². The topological polar surface area (TPSA) is 55.2 Å². The van der Waals surface area contributed by atoms with Crippen LogP contribution in [-0.4, -0.2) is 17.5 Å². The van der Waals surface area contributed by atoms with Crippen molar-refractivity contribution in [2.75, 3.05) is 6.54 Å². The van der Waals surface area contributed by atoms with Gasteiger partial charge in [-0.3, -0.25) is 10.1 Å². The highest BCUT2D eigenvalue weighted by Gasteiger charge is 2.20. The van der Waals surface area contributed by atoms with E-state index < -0.39 is 0 Å². The lowest BCUT2D eigenvalue weighted by Gasteiger charge is -2.29. The Kier molecular flexibility index (Phi) is 4.91. The standard InChI is InChI=1S/C15H22N2O2/c1-12-4-2-3-5-15(12)16-11-10-13-6-8-14(9-7-13)17(18)19/h6-9,12,15-16H,2-5,10-11H2,1H3. The molecule has 4 heteroatoms. The van der Waals surface area contributed by atoms with Crippen LogP contribution in [0, 0.1) is 16.0 Å². The molecule has 0 amide bonds. The van der Waals surface area contributed by atoms with E-state index in [-0.39, 0.29) is 10.6 Å². The van der Waals surface area contributed by atoms with E-state index in [1.165, 1.54) is 25.7 Å². The molecule has 2 rings (SSSR count). The number of hydrogen-bond acceptors (Lipinski definition) is 3. The zero-order chi connectivity index (χ0) is 13.7. The molecule has 4 nitrogen and oxygen atoms in total. The number of benzene rings is 1. The van der Waals surface area contributed by atoms with Crippen molar-refractivity contribution in [3.63, 3.8) is 0 Å². The number of nitrogens with one attached hydrogen (secondary N) is 1. The maximum absolute atomic E-state index is 10.6. The van der Waals surface area contributed by atoms with E-state index >= 15 is 0 Å². The zero-order valence-electron chi connectivity index (χ0n) is 11.5. The van der Waals surface area contributed by atoms with Crippen LogP contribution in [0.3, 0.4) is 0 Å². The zero-order valence-corrected chi connectivity index (χ0v) is 11.5. The van der Waals surface area contributed by atoms with Gasteiger partial charge in [0.15, 0.2) is 0 Å². The molecule has 1 fully saturated rings. The Bertz CT molecular complexity index is 417. The molecule has 0 bridgehead atoms. The minimum Gasteiger partial charge on any atom is -0.313 e. The van der Waals surface area contributed by atoms with Crippen molar-refractivity contribution in [1.82, 2.24) is 5.32 Å². The fourth-order valence-electron chi connectivity index (χ4n) is 2.81. The third-order valence-corrected chi connectivity index (χ3v) is 4.08. The van der Waals surface area contributed by atoms with E-state index in [0.717, 1.165) is 24.4 Å². The number of nitrogens with zero attached hydrogens (tertiary/aromatic N) is 1. The van der Waals surface area contributed by atoms with Gasteiger partial charge in [-0.05, 0) is 37.3 Å². The van der Waals surface area contributed by atoms with Crippen molar-refractivity contribution in [3.05, 3.63) is 39.9 Å². The number of hydrogen-bond donors (Lipinski definition) is 1. The molecule has 1 N–H and O–H groups in total. The highest BCUT2D eigenvalue weighted by Crippen LogP contribution is 2.23. The highest BCUT2D eigenvalue weighted by molar-refractivity contribution is 5.32. The van der Waals surface area contributed by atoms with Crippen LogP contribution in [0.2, 0.25) is 0 Å². The lowest BCUT2D eigenvalue weighted by Crippen LogP contribution is -2.38. The molecule has 1 aliphatic carbocycles. The van der Waals surface area contributed by atoms with Crippen LogP contribution < -0.4 is 5.32 Å². The summed E-state index contributed by atoms with van der Waals surface area (Å²) in [4.78, 5) is 10.2. The van der Waals surface area contributed by atoms with Gasteiger partial charge in [-0.25, -0.2) is 0 Å². The average molecular weight is 262 g/mol. The third-order valence-electron chi connectivity index (χ3n) is 4.08. The van der Waals surface area contributed by atoms with Crippen LogP contribution in [0.4, 0.5) is 5.69 Å². The van der Waals surface area contributed by atoms with Crippen LogP contribution in [0.25, 0.3) is 0 Å². The number of non-ortho nitro benzene ring substituents is 1. The molecule has 104 valence electrons. The summed E-state index contributed by atoms with van der Waals surface area (Å²) in [6, 6.07) is 7.51. The van der Waals surface area contributed by atoms with Gasteiger partial charge in [0.1, 0.15) is 0 Å². The first kappa shape index (κ1) is 14.0. The lowest BCUT2D eigenvalue weighted by molar-refractivity contribution is -0.384. The Labute approximate surface area is 114 Å². The third kappa shape index (κ3) is 4.03. The fourth-order valence-corrected chi connectivity index (χ4v) is 2.81. The van der Waals surface area contributed by atoms with Crippen molar-refractivity contribution < 1.29 is 4.92 Å². The van der Waals surface area contributed by atoms with E-state index in [1.54, 1.807) is 12.1 Å².